The van der Waals surface area contributed by atoms with Crippen LogP contribution in [0.15, 0.2) is 54.6 Å². The number of benzene rings is 2. The van der Waals surface area contributed by atoms with Crippen LogP contribution in [0.5, 0.6) is 0 Å². The Kier molecular flexibility index (Phi) is 5.38. The van der Waals surface area contributed by atoms with Crippen molar-refractivity contribution in [2.75, 3.05) is 25.6 Å². The van der Waals surface area contributed by atoms with Crippen molar-refractivity contribution in [2.45, 2.75) is 32.1 Å². The number of aryl methyl sites for hydroxylation is 1. The molecule has 0 atom stereocenters. The highest BCUT2D eigenvalue weighted by Crippen LogP contribution is 2.39. The summed E-state index contributed by atoms with van der Waals surface area (Å²) in [5.41, 5.74) is 5.52. The molecule has 6 heteroatoms. The lowest BCUT2D eigenvalue weighted by Crippen LogP contribution is -2.14. The number of nitrogens with one attached hydrogen (secondary N) is 1. The third-order valence-electron chi connectivity index (χ3n) is 6.01. The molecule has 158 valence electrons. The SMILES string of the molecule is COCCNc1c(-c2ccccc2)c(-c2ccc(C3CCC3)cc2)nc2nc(C)nn12. The van der Waals surface area contributed by atoms with E-state index in [1.807, 2.05) is 13.0 Å². The number of methoxy groups -OCH3 is 1. The summed E-state index contributed by atoms with van der Waals surface area (Å²) in [6.07, 6.45) is 3.93. The Morgan fingerprint density at radius 1 is 1.00 bits per heavy atom. The summed E-state index contributed by atoms with van der Waals surface area (Å²) < 4.78 is 7.07. The maximum absolute atomic E-state index is 5.27. The lowest BCUT2D eigenvalue weighted by atomic mass is 9.80. The van der Waals surface area contributed by atoms with Gasteiger partial charge in [0, 0.05) is 19.2 Å². The maximum Gasteiger partial charge on any atom is 0.254 e. The molecule has 2 aromatic heterocycles. The highest BCUT2D eigenvalue weighted by atomic mass is 16.5. The van der Waals surface area contributed by atoms with Gasteiger partial charge in [0.05, 0.1) is 17.9 Å². The molecule has 2 heterocycles. The number of hydrogen-bond donors (Lipinski definition) is 1. The fraction of sp³-hybridized carbons (Fsp3) is 0.320. The van der Waals surface area contributed by atoms with Crippen LogP contribution in [-0.2, 0) is 4.74 Å². The van der Waals surface area contributed by atoms with Crippen molar-refractivity contribution >= 4 is 11.6 Å². The topological polar surface area (TPSA) is 64.3 Å². The van der Waals surface area contributed by atoms with Gasteiger partial charge in [-0.25, -0.2) is 4.98 Å². The van der Waals surface area contributed by atoms with Crippen molar-refractivity contribution in [2.24, 2.45) is 0 Å². The third-order valence-corrected chi connectivity index (χ3v) is 6.01. The highest BCUT2D eigenvalue weighted by molar-refractivity contribution is 5.89. The number of anilines is 1. The summed E-state index contributed by atoms with van der Waals surface area (Å²) in [5, 5.41) is 8.13. The summed E-state index contributed by atoms with van der Waals surface area (Å²) in [4.78, 5) is 9.52. The lowest BCUT2D eigenvalue weighted by molar-refractivity contribution is 0.210. The molecule has 2 aromatic carbocycles. The Balaban J connectivity index is 1.70. The van der Waals surface area contributed by atoms with Gasteiger partial charge in [-0.2, -0.15) is 9.50 Å². The minimum Gasteiger partial charge on any atom is -0.383 e. The van der Waals surface area contributed by atoms with Crippen LogP contribution in [0.4, 0.5) is 5.82 Å². The van der Waals surface area contributed by atoms with Crippen molar-refractivity contribution in [3.05, 3.63) is 66.0 Å². The fourth-order valence-corrected chi connectivity index (χ4v) is 4.18. The van der Waals surface area contributed by atoms with E-state index in [0.29, 0.717) is 30.7 Å². The van der Waals surface area contributed by atoms with E-state index in [4.69, 9.17) is 9.72 Å². The predicted octanol–water partition coefficient (Wildman–Crippen LogP) is 5.09. The average Bonchev–Trinajstić information content (AvgIpc) is 3.13. The first-order chi connectivity index (χ1) is 15.2. The van der Waals surface area contributed by atoms with E-state index >= 15 is 0 Å². The lowest BCUT2D eigenvalue weighted by Gasteiger charge is -2.26. The van der Waals surface area contributed by atoms with Gasteiger partial charge in [-0.1, -0.05) is 61.0 Å². The molecule has 31 heavy (non-hydrogen) atoms. The second kappa shape index (κ2) is 8.47. The van der Waals surface area contributed by atoms with Gasteiger partial charge in [0.1, 0.15) is 11.6 Å². The molecule has 0 radical (unpaired) electrons. The third kappa shape index (κ3) is 3.79. The van der Waals surface area contributed by atoms with E-state index < -0.39 is 0 Å². The zero-order valence-electron chi connectivity index (χ0n) is 18.0. The van der Waals surface area contributed by atoms with Crippen molar-refractivity contribution in [1.82, 2.24) is 19.6 Å². The molecule has 0 amide bonds. The van der Waals surface area contributed by atoms with E-state index in [1.165, 1.54) is 24.8 Å². The molecule has 1 saturated carbocycles. The molecule has 1 N–H and O–H groups in total. The zero-order valence-corrected chi connectivity index (χ0v) is 18.0. The van der Waals surface area contributed by atoms with Crippen LogP contribution in [0.25, 0.3) is 28.2 Å². The van der Waals surface area contributed by atoms with Gasteiger partial charge in [0.25, 0.3) is 5.78 Å². The van der Waals surface area contributed by atoms with Crippen LogP contribution in [0.3, 0.4) is 0 Å². The van der Waals surface area contributed by atoms with Gasteiger partial charge in [-0.15, -0.1) is 5.10 Å². The van der Waals surface area contributed by atoms with Gasteiger partial charge >= 0.3 is 0 Å². The minimum atomic E-state index is 0.593. The largest absolute Gasteiger partial charge is 0.383 e. The molecule has 1 fully saturated rings. The summed E-state index contributed by atoms with van der Waals surface area (Å²) in [7, 11) is 1.70. The number of fused-ring (bicyclic) bond motifs is 1. The van der Waals surface area contributed by atoms with Gasteiger partial charge in [0.2, 0.25) is 0 Å². The number of rotatable bonds is 7. The average molecular weight is 414 g/mol. The second-order valence-electron chi connectivity index (χ2n) is 8.09. The molecule has 0 spiro atoms. The van der Waals surface area contributed by atoms with Crippen LogP contribution in [0, 0.1) is 6.92 Å². The fourth-order valence-electron chi connectivity index (χ4n) is 4.18. The summed E-state index contributed by atoms with van der Waals surface area (Å²) in [5.74, 6) is 2.88. The Morgan fingerprint density at radius 2 is 1.77 bits per heavy atom. The molecule has 6 nitrogen and oxygen atoms in total. The zero-order chi connectivity index (χ0) is 21.2. The molecule has 0 unspecified atom stereocenters. The van der Waals surface area contributed by atoms with Crippen LogP contribution in [0.1, 0.15) is 36.6 Å². The second-order valence-corrected chi connectivity index (χ2v) is 8.09. The standard InChI is InChI=1S/C25H27N5O/c1-17-27-25-28-23(21-13-11-19(12-14-21)18-9-6-10-18)22(20-7-4-3-5-8-20)24(30(25)29-17)26-15-16-31-2/h3-5,7-8,11-14,18,26H,6,9-10,15-16H2,1-2H3. The van der Waals surface area contributed by atoms with Gasteiger partial charge < -0.3 is 10.1 Å². The Morgan fingerprint density at radius 3 is 2.45 bits per heavy atom. The first kappa shape index (κ1) is 19.7. The quantitative estimate of drug-likeness (QED) is 0.428. The minimum absolute atomic E-state index is 0.593. The summed E-state index contributed by atoms with van der Waals surface area (Å²) >= 11 is 0. The molecule has 0 saturated heterocycles. The number of ether oxygens (including phenoxy) is 1. The highest BCUT2D eigenvalue weighted by Gasteiger charge is 2.22. The van der Waals surface area contributed by atoms with Gasteiger partial charge in [-0.05, 0) is 36.8 Å². The first-order valence-corrected chi connectivity index (χ1v) is 10.9. The Bertz CT molecular complexity index is 1180. The Hall–Kier alpha value is -3.25. The van der Waals surface area contributed by atoms with Crippen LogP contribution in [-0.4, -0.2) is 39.8 Å². The maximum atomic E-state index is 5.27. The normalized spacial score (nSPS) is 14.0. The summed E-state index contributed by atoms with van der Waals surface area (Å²) in [6, 6.07) is 19.3. The molecular weight excluding hydrogens is 386 g/mol. The molecule has 0 bridgehead atoms. The van der Waals surface area contributed by atoms with Crippen LogP contribution >= 0.6 is 0 Å². The molecule has 1 aliphatic rings. The van der Waals surface area contributed by atoms with E-state index in [0.717, 1.165) is 28.2 Å². The van der Waals surface area contributed by atoms with E-state index in [1.54, 1.807) is 11.6 Å². The molecular formula is C25H27N5O. The summed E-state index contributed by atoms with van der Waals surface area (Å²) in [6.45, 7) is 3.15. The monoisotopic (exact) mass is 413 g/mol. The molecule has 4 aromatic rings. The molecule has 0 aliphatic heterocycles. The number of aromatic nitrogens is 4. The van der Waals surface area contributed by atoms with Crippen molar-refractivity contribution < 1.29 is 4.74 Å². The smallest absolute Gasteiger partial charge is 0.254 e. The predicted molar refractivity (Wildman–Crippen MR) is 123 cm³/mol. The van der Waals surface area contributed by atoms with Gasteiger partial charge in [-0.3, -0.25) is 0 Å². The van der Waals surface area contributed by atoms with Crippen molar-refractivity contribution in [3.63, 3.8) is 0 Å². The van der Waals surface area contributed by atoms with Crippen molar-refractivity contribution in [1.29, 1.82) is 0 Å². The Labute approximate surface area is 182 Å². The van der Waals surface area contributed by atoms with Crippen molar-refractivity contribution in [3.8, 4) is 22.4 Å². The van der Waals surface area contributed by atoms with Crippen LogP contribution < -0.4 is 5.32 Å². The van der Waals surface area contributed by atoms with Crippen LogP contribution in [0.2, 0.25) is 0 Å². The number of nitrogens with zero attached hydrogens (tertiary/aromatic N) is 4. The van der Waals surface area contributed by atoms with Gasteiger partial charge in [0.15, 0.2) is 0 Å². The van der Waals surface area contributed by atoms with E-state index in [2.05, 4.69) is 63.9 Å². The first-order valence-electron chi connectivity index (χ1n) is 10.9. The number of hydrogen-bond acceptors (Lipinski definition) is 5. The van der Waals surface area contributed by atoms with E-state index in [9.17, 15) is 0 Å². The molecule has 1 aliphatic carbocycles. The molecule has 5 rings (SSSR count). The van der Waals surface area contributed by atoms with E-state index in [-0.39, 0.29) is 0 Å².